The van der Waals surface area contributed by atoms with E-state index in [0.717, 1.165) is 5.56 Å². The van der Waals surface area contributed by atoms with Crippen LogP contribution in [-0.2, 0) is 24.5 Å². The lowest BCUT2D eigenvalue weighted by Crippen LogP contribution is -2.26. The minimum atomic E-state index is -0.407. The molecule has 0 fully saturated rings. The smallest absolute Gasteiger partial charge is 0.227 e. The zero-order valence-electron chi connectivity index (χ0n) is 14.6. The van der Waals surface area contributed by atoms with Crippen molar-refractivity contribution in [2.75, 3.05) is 0 Å². The summed E-state index contributed by atoms with van der Waals surface area (Å²) in [5, 5.41) is 26.3. The van der Waals surface area contributed by atoms with Crippen LogP contribution >= 0.6 is 23.2 Å². The maximum atomic E-state index is 12.3. The van der Waals surface area contributed by atoms with Crippen LogP contribution in [0, 0.1) is 11.3 Å². The Balaban J connectivity index is 1.69. The van der Waals surface area contributed by atoms with Gasteiger partial charge in [-0.25, -0.2) is 9.67 Å². The van der Waals surface area contributed by atoms with Gasteiger partial charge in [-0.3, -0.25) is 4.79 Å². The van der Waals surface area contributed by atoms with Gasteiger partial charge < -0.3 is 10.4 Å². The molecule has 0 aliphatic carbocycles. The number of nitriles is 1. The molecule has 28 heavy (non-hydrogen) atoms. The number of amides is 1. The van der Waals surface area contributed by atoms with Gasteiger partial charge in [0.25, 0.3) is 0 Å². The number of benzene rings is 2. The van der Waals surface area contributed by atoms with Crippen molar-refractivity contribution in [3.05, 3.63) is 69.5 Å². The molecule has 7 nitrogen and oxygen atoms in total. The number of aromatic nitrogens is 3. The second-order valence-corrected chi connectivity index (χ2v) is 6.79. The van der Waals surface area contributed by atoms with Crippen molar-refractivity contribution in [1.29, 1.82) is 5.26 Å². The van der Waals surface area contributed by atoms with Crippen LogP contribution in [0.4, 0.5) is 0 Å². The quantitative estimate of drug-likeness (QED) is 0.643. The number of aliphatic hydroxyl groups excluding tert-OH is 1. The molecule has 1 aromatic heterocycles. The lowest BCUT2D eigenvalue weighted by atomic mass is 10.1. The van der Waals surface area contributed by atoms with Gasteiger partial charge in [0, 0.05) is 22.2 Å². The van der Waals surface area contributed by atoms with Crippen molar-refractivity contribution in [3.8, 4) is 17.5 Å². The van der Waals surface area contributed by atoms with Crippen LogP contribution in [0.25, 0.3) is 11.4 Å². The molecule has 3 rings (SSSR count). The van der Waals surface area contributed by atoms with Gasteiger partial charge in [0.2, 0.25) is 5.91 Å². The lowest BCUT2D eigenvalue weighted by Gasteiger charge is -2.06. The zero-order chi connectivity index (χ0) is 20.1. The summed E-state index contributed by atoms with van der Waals surface area (Å²) in [5.41, 5.74) is 1.97. The summed E-state index contributed by atoms with van der Waals surface area (Å²) >= 11 is 11.9. The molecule has 0 aliphatic rings. The molecule has 0 aliphatic heterocycles. The molecule has 0 spiro atoms. The number of nitrogens with one attached hydrogen (secondary N) is 1. The van der Waals surface area contributed by atoms with E-state index < -0.39 is 6.73 Å². The molecule has 142 valence electrons. The van der Waals surface area contributed by atoms with Crippen molar-refractivity contribution in [2.45, 2.75) is 19.7 Å². The molecule has 0 saturated heterocycles. The van der Waals surface area contributed by atoms with E-state index in [1.54, 1.807) is 42.5 Å². The summed E-state index contributed by atoms with van der Waals surface area (Å²) in [7, 11) is 0. The molecule has 2 aromatic carbocycles. The Labute approximate surface area is 171 Å². The Hall–Kier alpha value is -2.92. The number of carbonyl (C=O) groups excluding carboxylic acids is 1. The van der Waals surface area contributed by atoms with E-state index in [2.05, 4.69) is 15.4 Å². The molecule has 0 unspecified atom stereocenters. The fourth-order valence-corrected chi connectivity index (χ4v) is 3.13. The van der Waals surface area contributed by atoms with Gasteiger partial charge in [0.05, 0.1) is 18.1 Å². The number of hydrogen-bond acceptors (Lipinski definition) is 5. The van der Waals surface area contributed by atoms with Crippen LogP contribution < -0.4 is 5.32 Å². The van der Waals surface area contributed by atoms with Crippen LogP contribution in [0.2, 0.25) is 10.0 Å². The van der Waals surface area contributed by atoms with E-state index in [1.165, 1.54) is 4.68 Å². The number of aliphatic hydroxyl groups is 1. The SMILES string of the molecule is N#Cc1ccc(-c2nc(CC(=O)NCc3cc(Cl)cc(Cl)c3)n(CO)n2)cc1. The standard InChI is InChI=1S/C19H15Cl2N5O2/c20-15-5-13(6-16(21)7-15)10-23-18(28)8-17-24-19(25-26(17)11-27)14-3-1-12(9-22)2-4-14/h1-7,27H,8,10-11H2,(H,23,28). The van der Waals surface area contributed by atoms with E-state index >= 15 is 0 Å². The largest absolute Gasteiger partial charge is 0.374 e. The summed E-state index contributed by atoms with van der Waals surface area (Å²) in [6.07, 6.45) is -0.0574. The van der Waals surface area contributed by atoms with E-state index in [0.29, 0.717) is 32.8 Å². The Morgan fingerprint density at radius 1 is 1.18 bits per heavy atom. The highest BCUT2D eigenvalue weighted by molar-refractivity contribution is 6.34. The highest BCUT2D eigenvalue weighted by atomic mass is 35.5. The zero-order valence-corrected chi connectivity index (χ0v) is 16.1. The van der Waals surface area contributed by atoms with Crippen LogP contribution in [0.15, 0.2) is 42.5 Å². The first-order valence-corrected chi connectivity index (χ1v) is 9.01. The number of hydrogen-bond donors (Lipinski definition) is 2. The van der Waals surface area contributed by atoms with Gasteiger partial charge in [-0.1, -0.05) is 23.2 Å². The molecule has 1 heterocycles. The summed E-state index contributed by atoms with van der Waals surface area (Å²) in [4.78, 5) is 16.6. The van der Waals surface area contributed by atoms with Crippen LogP contribution in [0.5, 0.6) is 0 Å². The van der Waals surface area contributed by atoms with Crippen LogP contribution in [0.3, 0.4) is 0 Å². The van der Waals surface area contributed by atoms with E-state index in [4.69, 9.17) is 28.5 Å². The maximum absolute atomic E-state index is 12.3. The molecule has 0 radical (unpaired) electrons. The van der Waals surface area contributed by atoms with Crippen molar-refractivity contribution < 1.29 is 9.90 Å². The van der Waals surface area contributed by atoms with E-state index in [-0.39, 0.29) is 18.9 Å². The average molecular weight is 416 g/mol. The summed E-state index contributed by atoms with van der Waals surface area (Å²) in [5.74, 6) is 0.399. The molecular formula is C19H15Cl2N5O2. The number of nitrogens with zero attached hydrogens (tertiary/aromatic N) is 4. The molecule has 2 N–H and O–H groups in total. The minimum absolute atomic E-state index is 0.0574. The van der Waals surface area contributed by atoms with Crippen molar-refractivity contribution in [3.63, 3.8) is 0 Å². The Kier molecular flexibility index (Phi) is 6.26. The molecule has 1 amide bonds. The van der Waals surface area contributed by atoms with Gasteiger partial charge in [-0.2, -0.15) is 5.26 Å². The highest BCUT2D eigenvalue weighted by Gasteiger charge is 2.15. The predicted octanol–water partition coefficient (Wildman–Crippen LogP) is 2.93. The molecule has 9 heteroatoms. The van der Waals surface area contributed by atoms with E-state index in [1.807, 2.05) is 6.07 Å². The summed E-state index contributed by atoms with van der Waals surface area (Å²) in [6.45, 7) is -0.148. The first kappa shape index (κ1) is 19.8. The highest BCUT2D eigenvalue weighted by Crippen LogP contribution is 2.19. The fourth-order valence-electron chi connectivity index (χ4n) is 2.55. The third-order valence-corrected chi connectivity index (χ3v) is 4.32. The summed E-state index contributed by atoms with van der Waals surface area (Å²) < 4.78 is 1.25. The molecule has 0 atom stereocenters. The molecule has 0 saturated carbocycles. The van der Waals surface area contributed by atoms with Gasteiger partial charge >= 0.3 is 0 Å². The molecule has 3 aromatic rings. The third kappa shape index (κ3) is 4.87. The summed E-state index contributed by atoms with van der Waals surface area (Å²) in [6, 6.07) is 13.8. The number of carbonyl (C=O) groups is 1. The van der Waals surface area contributed by atoms with Crippen molar-refractivity contribution in [2.24, 2.45) is 0 Å². The normalized spacial score (nSPS) is 10.5. The Bertz CT molecular complexity index is 1020. The second-order valence-electron chi connectivity index (χ2n) is 5.91. The number of halogens is 2. The van der Waals surface area contributed by atoms with E-state index in [9.17, 15) is 9.90 Å². The minimum Gasteiger partial charge on any atom is -0.374 e. The monoisotopic (exact) mass is 415 g/mol. The van der Waals surface area contributed by atoms with Gasteiger partial charge in [0.1, 0.15) is 12.6 Å². The lowest BCUT2D eigenvalue weighted by molar-refractivity contribution is -0.120. The van der Waals surface area contributed by atoms with Crippen molar-refractivity contribution >= 4 is 29.1 Å². The Morgan fingerprint density at radius 3 is 2.46 bits per heavy atom. The van der Waals surface area contributed by atoms with Gasteiger partial charge in [-0.05, 0) is 48.0 Å². The first-order valence-electron chi connectivity index (χ1n) is 8.25. The second kappa shape index (κ2) is 8.85. The average Bonchev–Trinajstić information content (AvgIpc) is 3.08. The van der Waals surface area contributed by atoms with Crippen LogP contribution in [0.1, 0.15) is 17.0 Å². The topological polar surface area (TPSA) is 104 Å². The predicted molar refractivity (Wildman–Crippen MR) is 104 cm³/mol. The fraction of sp³-hybridized carbons (Fsp3) is 0.158. The van der Waals surface area contributed by atoms with Gasteiger partial charge in [0.15, 0.2) is 5.82 Å². The molecular weight excluding hydrogens is 401 g/mol. The Morgan fingerprint density at radius 2 is 1.86 bits per heavy atom. The molecule has 0 bridgehead atoms. The van der Waals surface area contributed by atoms with Gasteiger partial charge in [-0.15, -0.1) is 5.10 Å². The first-order chi connectivity index (χ1) is 13.5. The maximum Gasteiger partial charge on any atom is 0.227 e. The van der Waals surface area contributed by atoms with Crippen LogP contribution in [-0.4, -0.2) is 25.8 Å². The third-order valence-electron chi connectivity index (χ3n) is 3.89. The van der Waals surface area contributed by atoms with Crippen molar-refractivity contribution in [1.82, 2.24) is 20.1 Å². The number of rotatable bonds is 6.